The van der Waals surface area contributed by atoms with Crippen molar-refractivity contribution in [3.8, 4) is 0 Å². The van der Waals surface area contributed by atoms with Gasteiger partial charge >= 0.3 is 6.16 Å². The molecule has 3 nitrogen and oxygen atoms in total. The Labute approximate surface area is 92.1 Å². The van der Waals surface area contributed by atoms with Crippen LogP contribution in [0, 0.1) is 11.3 Å². The molecule has 1 aliphatic rings. The van der Waals surface area contributed by atoms with E-state index >= 15 is 0 Å². The van der Waals surface area contributed by atoms with Crippen LogP contribution in [0.5, 0.6) is 0 Å². The molecule has 1 saturated carbocycles. The number of ether oxygens (including phenoxy) is 2. The summed E-state index contributed by atoms with van der Waals surface area (Å²) in [6.07, 6.45) is 2.61. The van der Waals surface area contributed by atoms with Crippen molar-refractivity contribution in [3.63, 3.8) is 0 Å². The second kappa shape index (κ2) is 4.86. The van der Waals surface area contributed by atoms with Crippen LogP contribution in [-0.4, -0.2) is 18.9 Å². The molecule has 0 amide bonds. The van der Waals surface area contributed by atoms with E-state index in [1.807, 2.05) is 0 Å². The fourth-order valence-corrected chi connectivity index (χ4v) is 2.64. The first-order valence-electron chi connectivity index (χ1n) is 5.76. The minimum absolute atomic E-state index is 0.0304. The SMILES string of the molecule is CCOC(=O)OC1CC(C)CC(C)(C)C1. The summed E-state index contributed by atoms with van der Waals surface area (Å²) < 4.78 is 10.1. The highest BCUT2D eigenvalue weighted by Gasteiger charge is 2.34. The Morgan fingerprint density at radius 2 is 2.07 bits per heavy atom. The molecule has 2 atom stereocenters. The molecule has 0 saturated heterocycles. The van der Waals surface area contributed by atoms with E-state index < -0.39 is 6.16 Å². The predicted molar refractivity (Wildman–Crippen MR) is 58.7 cm³/mol. The fourth-order valence-electron chi connectivity index (χ4n) is 2.64. The van der Waals surface area contributed by atoms with Crippen molar-refractivity contribution >= 4 is 6.16 Å². The molecule has 88 valence electrons. The van der Waals surface area contributed by atoms with Crippen molar-refractivity contribution in [2.75, 3.05) is 6.61 Å². The minimum atomic E-state index is -0.521. The van der Waals surface area contributed by atoms with Crippen LogP contribution in [0.25, 0.3) is 0 Å². The number of carbonyl (C=O) groups is 1. The van der Waals surface area contributed by atoms with Crippen molar-refractivity contribution in [3.05, 3.63) is 0 Å². The number of hydrogen-bond donors (Lipinski definition) is 0. The van der Waals surface area contributed by atoms with Gasteiger partial charge in [-0.1, -0.05) is 20.8 Å². The molecule has 0 aromatic rings. The highest BCUT2D eigenvalue weighted by atomic mass is 16.7. The smallest absolute Gasteiger partial charge is 0.435 e. The van der Waals surface area contributed by atoms with Gasteiger partial charge in [-0.25, -0.2) is 4.79 Å². The lowest BCUT2D eigenvalue weighted by atomic mass is 9.71. The first-order valence-corrected chi connectivity index (χ1v) is 5.76. The van der Waals surface area contributed by atoms with Gasteiger partial charge in [0, 0.05) is 0 Å². The maximum atomic E-state index is 11.2. The molecule has 0 heterocycles. The third-order valence-electron chi connectivity index (χ3n) is 2.87. The maximum absolute atomic E-state index is 11.2. The largest absolute Gasteiger partial charge is 0.508 e. The van der Waals surface area contributed by atoms with Crippen LogP contribution in [-0.2, 0) is 9.47 Å². The number of carbonyl (C=O) groups excluding carboxylic acids is 1. The molecule has 0 aromatic carbocycles. The molecule has 15 heavy (non-hydrogen) atoms. The Kier molecular flexibility index (Phi) is 4.00. The van der Waals surface area contributed by atoms with E-state index in [1.165, 1.54) is 6.42 Å². The Morgan fingerprint density at radius 3 is 2.60 bits per heavy atom. The van der Waals surface area contributed by atoms with E-state index in [2.05, 4.69) is 20.8 Å². The lowest BCUT2D eigenvalue weighted by molar-refractivity contribution is -0.0187. The summed E-state index contributed by atoms with van der Waals surface area (Å²) in [5.41, 5.74) is 0.273. The molecule has 2 unspecified atom stereocenters. The Bertz CT molecular complexity index is 223. The van der Waals surface area contributed by atoms with E-state index in [4.69, 9.17) is 9.47 Å². The van der Waals surface area contributed by atoms with Gasteiger partial charge in [0.15, 0.2) is 0 Å². The zero-order valence-electron chi connectivity index (χ0n) is 10.2. The van der Waals surface area contributed by atoms with E-state index in [0.29, 0.717) is 12.5 Å². The van der Waals surface area contributed by atoms with E-state index in [-0.39, 0.29) is 11.5 Å². The van der Waals surface area contributed by atoms with Gasteiger partial charge in [0.2, 0.25) is 0 Å². The van der Waals surface area contributed by atoms with Gasteiger partial charge in [0.1, 0.15) is 6.10 Å². The fraction of sp³-hybridized carbons (Fsp3) is 0.917. The van der Waals surface area contributed by atoms with E-state index in [0.717, 1.165) is 12.8 Å². The number of rotatable bonds is 2. The Balaban J connectivity index is 2.45. The standard InChI is InChI=1S/C12H22O3/c1-5-14-11(13)15-10-6-9(2)7-12(3,4)8-10/h9-10H,5-8H2,1-4H3. The molecule has 1 fully saturated rings. The van der Waals surface area contributed by atoms with Crippen molar-refractivity contribution in [1.29, 1.82) is 0 Å². The molecule has 0 radical (unpaired) electrons. The minimum Gasteiger partial charge on any atom is -0.435 e. The van der Waals surface area contributed by atoms with Crippen molar-refractivity contribution in [2.24, 2.45) is 11.3 Å². The predicted octanol–water partition coefficient (Wildman–Crippen LogP) is 3.37. The van der Waals surface area contributed by atoms with Crippen molar-refractivity contribution in [1.82, 2.24) is 0 Å². The molecular weight excluding hydrogens is 192 g/mol. The average Bonchev–Trinajstić information content (AvgIpc) is 1.99. The first-order chi connectivity index (χ1) is 6.93. The lowest BCUT2D eigenvalue weighted by Gasteiger charge is -2.38. The van der Waals surface area contributed by atoms with Crippen LogP contribution < -0.4 is 0 Å². The number of hydrogen-bond acceptors (Lipinski definition) is 3. The van der Waals surface area contributed by atoms with Crippen LogP contribution in [0.3, 0.4) is 0 Å². The summed E-state index contributed by atoms with van der Waals surface area (Å²) in [6.45, 7) is 8.83. The van der Waals surface area contributed by atoms with Crippen LogP contribution in [0.15, 0.2) is 0 Å². The lowest BCUT2D eigenvalue weighted by Crippen LogP contribution is -2.34. The van der Waals surface area contributed by atoms with Gasteiger partial charge in [-0.15, -0.1) is 0 Å². The molecule has 1 rings (SSSR count). The normalized spacial score (nSPS) is 29.6. The van der Waals surface area contributed by atoms with Gasteiger partial charge in [-0.05, 0) is 37.5 Å². The van der Waals surface area contributed by atoms with E-state index in [9.17, 15) is 4.79 Å². The Hall–Kier alpha value is -0.730. The van der Waals surface area contributed by atoms with Crippen molar-refractivity contribution < 1.29 is 14.3 Å². The molecular formula is C12H22O3. The van der Waals surface area contributed by atoms with Crippen LogP contribution >= 0.6 is 0 Å². The topological polar surface area (TPSA) is 35.5 Å². The first kappa shape index (κ1) is 12.3. The summed E-state index contributed by atoms with van der Waals surface area (Å²) in [5.74, 6) is 0.619. The summed E-state index contributed by atoms with van der Waals surface area (Å²) >= 11 is 0. The van der Waals surface area contributed by atoms with Gasteiger partial charge in [-0.3, -0.25) is 0 Å². The monoisotopic (exact) mass is 214 g/mol. The Morgan fingerprint density at radius 1 is 1.40 bits per heavy atom. The molecule has 0 aromatic heterocycles. The second-order valence-corrected chi connectivity index (χ2v) is 5.34. The third kappa shape index (κ3) is 4.10. The highest BCUT2D eigenvalue weighted by molar-refractivity contribution is 5.60. The van der Waals surface area contributed by atoms with Crippen LogP contribution in [0.4, 0.5) is 4.79 Å². The van der Waals surface area contributed by atoms with Gasteiger partial charge in [-0.2, -0.15) is 0 Å². The summed E-state index contributed by atoms with van der Waals surface area (Å²) in [6, 6.07) is 0. The summed E-state index contributed by atoms with van der Waals surface area (Å²) in [7, 11) is 0. The molecule has 0 N–H and O–H groups in total. The molecule has 1 aliphatic carbocycles. The molecule has 0 spiro atoms. The maximum Gasteiger partial charge on any atom is 0.508 e. The van der Waals surface area contributed by atoms with Crippen LogP contribution in [0.2, 0.25) is 0 Å². The molecule has 0 aliphatic heterocycles. The molecule has 0 bridgehead atoms. The quantitative estimate of drug-likeness (QED) is 0.661. The van der Waals surface area contributed by atoms with Crippen molar-refractivity contribution in [2.45, 2.75) is 53.1 Å². The van der Waals surface area contributed by atoms with Gasteiger partial charge < -0.3 is 9.47 Å². The average molecular weight is 214 g/mol. The summed E-state index contributed by atoms with van der Waals surface area (Å²) in [5, 5.41) is 0. The zero-order valence-corrected chi connectivity index (χ0v) is 10.2. The van der Waals surface area contributed by atoms with Crippen LogP contribution in [0.1, 0.15) is 47.0 Å². The van der Waals surface area contributed by atoms with Gasteiger partial charge in [0.25, 0.3) is 0 Å². The summed E-state index contributed by atoms with van der Waals surface area (Å²) in [4.78, 5) is 11.2. The third-order valence-corrected chi connectivity index (χ3v) is 2.87. The van der Waals surface area contributed by atoms with E-state index in [1.54, 1.807) is 6.92 Å². The molecule has 3 heteroatoms. The highest BCUT2D eigenvalue weighted by Crippen LogP contribution is 2.39. The van der Waals surface area contributed by atoms with Gasteiger partial charge in [0.05, 0.1) is 6.61 Å². The zero-order chi connectivity index (χ0) is 11.5. The second-order valence-electron chi connectivity index (χ2n) is 5.34.